The summed E-state index contributed by atoms with van der Waals surface area (Å²) in [6.07, 6.45) is 39.4. The minimum Gasteiger partial charge on any atom is -0.0776 e. The molecule has 5 aliphatic rings. The molecular weight excluding hydrogens is 540 g/mol. The van der Waals surface area contributed by atoms with Gasteiger partial charge in [0.15, 0.2) is 0 Å². The van der Waals surface area contributed by atoms with Crippen LogP contribution < -0.4 is 0 Å². The van der Waals surface area contributed by atoms with Crippen LogP contribution >= 0.6 is 0 Å². The summed E-state index contributed by atoms with van der Waals surface area (Å²) in [5.41, 5.74) is 0. The van der Waals surface area contributed by atoms with E-state index in [-0.39, 0.29) is 7.43 Å². The molecule has 0 aromatic carbocycles. The first-order valence-electron chi connectivity index (χ1n) is 21.4. The second kappa shape index (κ2) is 29.0. The van der Waals surface area contributed by atoms with Gasteiger partial charge in [-0.3, -0.25) is 0 Å². The standard InChI is InChI=1S/C20H36.2C10H20.2C2H6.CH4/c1-16-7-5-11-17(12-6-8-16)19-9-3-2-4-10-20(15-19)18-13-14-18;2*1-9-5-3-7-10(2)8-4-6-9;2*1-2;/h16-20H,2-15H2,1H3;2*9-10H,3-8H2,1-2H3;2*1-2H3;1H4. The molecule has 5 fully saturated rings. The first-order chi connectivity index (χ1) is 21.4. The fraction of sp³-hybridized carbons (Fsp3) is 1.00. The average Bonchev–Trinajstić information content (AvgIpc) is 3.82. The minimum absolute atomic E-state index is 0. The van der Waals surface area contributed by atoms with Crippen molar-refractivity contribution in [3.63, 3.8) is 0 Å². The van der Waals surface area contributed by atoms with Crippen molar-refractivity contribution in [3.8, 4) is 0 Å². The molecule has 0 bridgehead atoms. The lowest BCUT2D eigenvalue weighted by atomic mass is 9.72. The van der Waals surface area contributed by atoms with Crippen molar-refractivity contribution < 1.29 is 0 Å². The zero-order valence-electron chi connectivity index (χ0n) is 32.6. The van der Waals surface area contributed by atoms with Gasteiger partial charge in [0.05, 0.1) is 0 Å². The van der Waals surface area contributed by atoms with E-state index >= 15 is 0 Å². The van der Waals surface area contributed by atoms with E-state index in [1.807, 2.05) is 27.7 Å². The van der Waals surface area contributed by atoms with Crippen LogP contribution in [-0.4, -0.2) is 0 Å². The van der Waals surface area contributed by atoms with Crippen molar-refractivity contribution in [2.75, 3.05) is 0 Å². The SMILES string of the molecule is C.CC.CC.CC1CCCC(C)CCC1.CC1CCCC(C)CCC1.CC1CCCC(C2CCCCCC(C3CC3)C2)CCC1. The van der Waals surface area contributed by atoms with Gasteiger partial charge in [0.25, 0.3) is 0 Å². The van der Waals surface area contributed by atoms with Crippen LogP contribution in [0.1, 0.15) is 237 Å². The van der Waals surface area contributed by atoms with Crippen molar-refractivity contribution in [3.05, 3.63) is 0 Å². The zero-order valence-corrected chi connectivity index (χ0v) is 32.6. The van der Waals surface area contributed by atoms with Gasteiger partial charge in [-0.25, -0.2) is 0 Å². The third-order valence-corrected chi connectivity index (χ3v) is 12.3. The Bertz CT molecular complexity index is 529. The molecule has 272 valence electrons. The Labute approximate surface area is 289 Å². The topological polar surface area (TPSA) is 0 Å². The molecule has 2 atom stereocenters. The first-order valence-corrected chi connectivity index (χ1v) is 21.4. The fourth-order valence-corrected chi connectivity index (χ4v) is 9.09. The summed E-state index contributed by atoms with van der Waals surface area (Å²) < 4.78 is 0. The van der Waals surface area contributed by atoms with E-state index < -0.39 is 0 Å². The van der Waals surface area contributed by atoms with Gasteiger partial charge in [-0.05, 0) is 72.5 Å². The summed E-state index contributed by atoms with van der Waals surface area (Å²) in [6.45, 7) is 20.1. The molecule has 5 saturated carbocycles. The highest BCUT2D eigenvalue weighted by molar-refractivity contribution is 4.86. The molecule has 5 aliphatic carbocycles. The number of rotatable bonds is 2. The summed E-state index contributed by atoms with van der Waals surface area (Å²) in [5.74, 6) is 9.53. The van der Waals surface area contributed by atoms with E-state index in [1.54, 1.807) is 44.9 Å². The summed E-state index contributed by atoms with van der Waals surface area (Å²) >= 11 is 0. The molecule has 0 aromatic heterocycles. The Morgan fingerprint density at radius 1 is 0.244 bits per heavy atom. The molecule has 0 spiro atoms. The summed E-state index contributed by atoms with van der Waals surface area (Å²) in [5, 5.41) is 0. The predicted molar refractivity (Wildman–Crippen MR) is 209 cm³/mol. The van der Waals surface area contributed by atoms with Gasteiger partial charge < -0.3 is 0 Å². The average molecular weight is 633 g/mol. The van der Waals surface area contributed by atoms with Gasteiger partial charge in [0.2, 0.25) is 0 Å². The quantitative estimate of drug-likeness (QED) is 0.284. The van der Waals surface area contributed by atoms with Crippen molar-refractivity contribution >= 4 is 0 Å². The molecule has 0 N–H and O–H groups in total. The first kappa shape index (κ1) is 45.0. The molecule has 0 radical (unpaired) electrons. The monoisotopic (exact) mass is 633 g/mol. The van der Waals surface area contributed by atoms with Gasteiger partial charge >= 0.3 is 0 Å². The highest BCUT2D eigenvalue weighted by Gasteiger charge is 2.35. The fourth-order valence-electron chi connectivity index (χ4n) is 9.09. The van der Waals surface area contributed by atoms with Crippen LogP contribution in [0.25, 0.3) is 0 Å². The van der Waals surface area contributed by atoms with Crippen LogP contribution in [0, 0.1) is 53.3 Å². The molecule has 0 amide bonds. The Hall–Kier alpha value is 0. The Balaban J connectivity index is 0.000000659. The number of hydrogen-bond acceptors (Lipinski definition) is 0. The lowest BCUT2D eigenvalue weighted by Crippen LogP contribution is -2.22. The van der Waals surface area contributed by atoms with Crippen LogP contribution in [0.15, 0.2) is 0 Å². The normalized spacial score (nSPS) is 34.9. The lowest BCUT2D eigenvalue weighted by molar-refractivity contribution is 0.173. The molecular formula is C45H92. The molecule has 45 heavy (non-hydrogen) atoms. The second-order valence-corrected chi connectivity index (χ2v) is 16.6. The smallest absolute Gasteiger partial charge is 0.0383 e. The molecule has 0 aliphatic heterocycles. The largest absolute Gasteiger partial charge is 0.0776 e. The third kappa shape index (κ3) is 22.3. The number of hydrogen-bond donors (Lipinski definition) is 0. The van der Waals surface area contributed by atoms with E-state index in [0.717, 1.165) is 53.3 Å². The minimum atomic E-state index is 0. The lowest BCUT2D eigenvalue weighted by Gasteiger charge is -2.34. The molecule has 5 rings (SSSR count). The van der Waals surface area contributed by atoms with Crippen LogP contribution in [0.3, 0.4) is 0 Å². The van der Waals surface area contributed by atoms with E-state index in [1.165, 1.54) is 122 Å². The zero-order chi connectivity index (χ0) is 32.6. The van der Waals surface area contributed by atoms with E-state index in [2.05, 4.69) is 34.6 Å². The van der Waals surface area contributed by atoms with Crippen molar-refractivity contribution in [1.29, 1.82) is 0 Å². The van der Waals surface area contributed by atoms with Gasteiger partial charge in [-0.1, -0.05) is 217 Å². The Kier molecular flexibility index (Phi) is 29.0. The van der Waals surface area contributed by atoms with Crippen molar-refractivity contribution in [1.82, 2.24) is 0 Å². The molecule has 0 saturated heterocycles. The van der Waals surface area contributed by atoms with Crippen LogP contribution in [0.5, 0.6) is 0 Å². The molecule has 0 heterocycles. The maximum absolute atomic E-state index is 2.47. The van der Waals surface area contributed by atoms with E-state index in [9.17, 15) is 0 Å². The maximum atomic E-state index is 2.47. The summed E-state index contributed by atoms with van der Waals surface area (Å²) in [6, 6.07) is 0. The van der Waals surface area contributed by atoms with Crippen LogP contribution in [-0.2, 0) is 0 Å². The van der Waals surface area contributed by atoms with Gasteiger partial charge in [0, 0.05) is 0 Å². The van der Waals surface area contributed by atoms with Crippen molar-refractivity contribution in [2.24, 2.45) is 53.3 Å². The van der Waals surface area contributed by atoms with Gasteiger partial charge in [-0.2, -0.15) is 0 Å². The third-order valence-electron chi connectivity index (χ3n) is 12.3. The molecule has 0 heteroatoms. The molecule has 0 aromatic rings. The van der Waals surface area contributed by atoms with Crippen LogP contribution in [0.2, 0.25) is 0 Å². The Morgan fingerprint density at radius 3 is 0.733 bits per heavy atom. The predicted octanol–water partition coefficient (Wildman–Crippen LogP) is 16.5. The molecule has 0 nitrogen and oxygen atoms in total. The summed E-state index contributed by atoms with van der Waals surface area (Å²) in [7, 11) is 0. The Morgan fingerprint density at radius 2 is 0.467 bits per heavy atom. The van der Waals surface area contributed by atoms with E-state index in [4.69, 9.17) is 0 Å². The van der Waals surface area contributed by atoms with E-state index in [0.29, 0.717) is 0 Å². The summed E-state index contributed by atoms with van der Waals surface area (Å²) in [4.78, 5) is 0. The van der Waals surface area contributed by atoms with Gasteiger partial charge in [-0.15, -0.1) is 0 Å². The van der Waals surface area contributed by atoms with Crippen molar-refractivity contribution in [2.45, 2.75) is 237 Å². The highest BCUT2D eigenvalue weighted by Crippen LogP contribution is 2.46. The highest BCUT2D eigenvalue weighted by atomic mass is 14.4. The maximum Gasteiger partial charge on any atom is -0.0383 e. The second-order valence-electron chi connectivity index (χ2n) is 16.6. The molecule has 2 unspecified atom stereocenters. The van der Waals surface area contributed by atoms with Crippen LogP contribution in [0.4, 0.5) is 0 Å². The van der Waals surface area contributed by atoms with Gasteiger partial charge in [0.1, 0.15) is 0 Å².